The van der Waals surface area contributed by atoms with Gasteiger partial charge in [-0.2, -0.15) is 5.10 Å². The number of nitrogens with zero attached hydrogens (tertiary/aromatic N) is 2. The van der Waals surface area contributed by atoms with E-state index in [0.29, 0.717) is 19.1 Å². The van der Waals surface area contributed by atoms with Crippen molar-refractivity contribution in [3.8, 4) is 0 Å². The van der Waals surface area contributed by atoms with Crippen molar-refractivity contribution < 1.29 is 5.11 Å². The van der Waals surface area contributed by atoms with Gasteiger partial charge in [-0.25, -0.2) is 0 Å². The highest BCUT2D eigenvalue weighted by atomic mass is 16.3. The third-order valence-electron chi connectivity index (χ3n) is 3.81. The smallest absolute Gasteiger partial charge is 0.0860 e. The minimum absolute atomic E-state index is 0.338. The van der Waals surface area contributed by atoms with Crippen molar-refractivity contribution in [2.75, 3.05) is 6.54 Å². The van der Waals surface area contributed by atoms with Gasteiger partial charge in [0.2, 0.25) is 0 Å². The van der Waals surface area contributed by atoms with Crippen molar-refractivity contribution >= 4 is 0 Å². The molecule has 0 bridgehead atoms. The summed E-state index contributed by atoms with van der Waals surface area (Å²) in [6.45, 7) is 1.28. The SMILES string of the molecule is OC(CNC(C1CC1)C1CC1)Cn1cccn1. The Morgan fingerprint density at radius 3 is 2.53 bits per heavy atom. The lowest BCUT2D eigenvalue weighted by Gasteiger charge is -2.20. The fourth-order valence-corrected chi connectivity index (χ4v) is 2.59. The maximum Gasteiger partial charge on any atom is 0.0860 e. The topological polar surface area (TPSA) is 50.1 Å². The average molecular weight is 235 g/mol. The van der Waals surface area contributed by atoms with E-state index < -0.39 is 0 Å². The molecule has 2 N–H and O–H groups in total. The summed E-state index contributed by atoms with van der Waals surface area (Å²) in [5.41, 5.74) is 0. The normalized spacial score (nSPS) is 22.0. The number of aromatic nitrogens is 2. The molecular formula is C13H21N3O. The molecule has 1 heterocycles. The van der Waals surface area contributed by atoms with Crippen LogP contribution in [0.1, 0.15) is 25.7 Å². The van der Waals surface area contributed by atoms with E-state index in [1.807, 2.05) is 12.3 Å². The molecule has 2 aliphatic carbocycles. The van der Waals surface area contributed by atoms with E-state index in [4.69, 9.17) is 0 Å². The highest BCUT2D eigenvalue weighted by Gasteiger charge is 2.41. The predicted molar refractivity (Wildman–Crippen MR) is 65.5 cm³/mol. The van der Waals surface area contributed by atoms with Crippen LogP contribution in [0, 0.1) is 11.8 Å². The standard InChI is InChI=1S/C13H21N3O/c17-12(9-16-7-1-6-15-16)8-14-13(10-2-3-10)11-4-5-11/h1,6-7,10-14,17H,2-5,8-9H2. The zero-order valence-corrected chi connectivity index (χ0v) is 10.1. The molecule has 1 aromatic heterocycles. The summed E-state index contributed by atoms with van der Waals surface area (Å²) in [6, 6.07) is 2.56. The molecule has 17 heavy (non-hydrogen) atoms. The molecule has 2 fully saturated rings. The summed E-state index contributed by atoms with van der Waals surface area (Å²) in [5, 5.41) is 17.6. The predicted octanol–water partition coefficient (Wildman–Crippen LogP) is 1.02. The average Bonchev–Trinajstić information content (AvgIpc) is 3.22. The first-order valence-corrected chi connectivity index (χ1v) is 6.72. The molecule has 1 atom stereocenters. The van der Waals surface area contributed by atoms with Crippen molar-refractivity contribution in [3.05, 3.63) is 18.5 Å². The quantitative estimate of drug-likeness (QED) is 0.742. The first-order chi connectivity index (χ1) is 8.33. The molecular weight excluding hydrogens is 214 g/mol. The lowest BCUT2D eigenvalue weighted by molar-refractivity contribution is 0.140. The van der Waals surface area contributed by atoms with Gasteiger partial charge in [0.15, 0.2) is 0 Å². The van der Waals surface area contributed by atoms with Crippen LogP contribution in [0.4, 0.5) is 0 Å². The van der Waals surface area contributed by atoms with Gasteiger partial charge in [0.05, 0.1) is 12.6 Å². The van der Waals surface area contributed by atoms with Gasteiger partial charge in [0.1, 0.15) is 0 Å². The van der Waals surface area contributed by atoms with Crippen molar-refractivity contribution in [2.45, 2.75) is 44.4 Å². The first kappa shape index (κ1) is 11.2. The molecule has 0 aliphatic heterocycles. The lowest BCUT2D eigenvalue weighted by atomic mass is 10.1. The molecule has 0 saturated heterocycles. The maximum atomic E-state index is 9.95. The third kappa shape index (κ3) is 3.07. The number of aliphatic hydroxyl groups is 1. The minimum atomic E-state index is -0.338. The van der Waals surface area contributed by atoms with Crippen LogP contribution in [0.3, 0.4) is 0 Å². The van der Waals surface area contributed by atoms with E-state index in [0.717, 1.165) is 11.8 Å². The van der Waals surface area contributed by atoms with E-state index in [1.54, 1.807) is 10.9 Å². The second-order valence-corrected chi connectivity index (χ2v) is 5.49. The molecule has 0 aromatic carbocycles. The lowest BCUT2D eigenvalue weighted by Crippen LogP contribution is -2.39. The van der Waals surface area contributed by atoms with Crippen LogP contribution in [0.2, 0.25) is 0 Å². The van der Waals surface area contributed by atoms with E-state index in [-0.39, 0.29) is 6.10 Å². The van der Waals surface area contributed by atoms with Crippen LogP contribution in [0.15, 0.2) is 18.5 Å². The van der Waals surface area contributed by atoms with Crippen LogP contribution in [0.25, 0.3) is 0 Å². The van der Waals surface area contributed by atoms with Crippen molar-refractivity contribution in [1.82, 2.24) is 15.1 Å². The number of hydrogen-bond acceptors (Lipinski definition) is 3. The highest BCUT2D eigenvalue weighted by Crippen LogP contribution is 2.44. The van der Waals surface area contributed by atoms with Gasteiger partial charge in [-0.3, -0.25) is 4.68 Å². The number of hydrogen-bond donors (Lipinski definition) is 2. The van der Waals surface area contributed by atoms with Crippen LogP contribution in [-0.4, -0.2) is 33.6 Å². The second-order valence-electron chi connectivity index (χ2n) is 5.49. The zero-order valence-electron chi connectivity index (χ0n) is 10.1. The van der Waals surface area contributed by atoms with Gasteiger partial charge >= 0.3 is 0 Å². The zero-order chi connectivity index (χ0) is 11.7. The monoisotopic (exact) mass is 235 g/mol. The number of aliphatic hydroxyl groups excluding tert-OH is 1. The summed E-state index contributed by atoms with van der Waals surface area (Å²) < 4.78 is 1.79. The highest BCUT2D eigenvalue weighted by molar-refractivity contribution is 4.96. The molecule has 4 heteroatoms. The molecule has 0 amide bonds. The Balaban J connectivity index is 1.43. The van der Waals surface area contributed by atoms with Crippen LogP contribution in [-0.2, 0) is 6.54 Å². The Morgan fingerprint density at radius 1 is 1.29 bits per heavy atom. The Kier molecular flexibility index (Phi) is 3.16. The Hall–Kier alpha value is -0.870. The van der Waals surface area contributed by atoms with E-state index in [9.17, 15) is 5.11 Å². The first-order valence-electron chi connectivity index (χ1n) is 6.72. The maximum absolute atomic E-state index is 9.95. The van der Waals surface area contributed by atoms with E-state index >= 15 is 0 Å². The molecule has 94 valence electrons. The number of rotatable bonds is 7. The molecule has 1 unspecified atom stereocenters. The molecule has 2 saturated carbocycles. The van der Waals surface area contributed by atoms with Crippen LogP contribution >= 0.6 is 0 Å². The van der Waals surface area contributed by atoms with Gasteiger partial charge in [0, 0.05) is 25.0 Å². The summed E-state index contributed by atoms with van der Waals surface area (Å²) in [5.74, 6) is 1.78. The van der Waals surface area contributed by atoms with Crippen molar-refractivity contribution in [2.24, 2.45) is 11.8 Å². The summed E-state index contributed by atoms with van der Waals surface area (Å²) in [7, 11) is 0. The Labute approximate surface area is 102 Å². The third-order valence-corrected chi connectivity index (χ3v) is 3.81. The molecule has 0 spiro atoms. The van der Waals surface area contributed by atoms with Crippen LogP contribution < -0.4 is 5.32 Å². The van der Waals surface area contributed by atoms with E-state index in [1.165, 1.54) is 25.7 Å². The molecule has 2 aliphatic rings. The van der Waals surface area contributed by atoms with Crippen molar-refractivity contribution in [1.29, 1.82) is 0 Å². The van der Waals surface area contributed by atoms with Gasteiger partial charge in [-0.1, -0.05) is 0 Å². The van der Waals surface area contributed by atoms with Crippen LogP contribution in [0.5, 0.6) is 0 Å². The Morgan fingerprint density at radius 2 is 2.00 bits per heavy atom. The summed E-state index contributed by atoms with van der Waals surface area (Å²) >= 11 is 0. The van der Waals surface area contributed by atoms with Gasteiger partial charge < -0.3 is 10.4 Å². The molecule has 0 radical (unpaired) electrons. The largest absolute Gasteiger partial charge is 0.390 e. The summed E-state index contributed by atoms with van der Waals surface area (Å²) in [6.07, 6.45) is 8.81. The van der Waals surface area contributed by atoms with Gasteiger partial charge in [-0.15, -0.1) is 0 Å². The van der Waals surface area contributed by atoms with E-state index in [2.05, 4.69) is 10.4 Å². The summed E-state index contributed by atoms with van der Waals surface area (Å²) in [4.78, 5) is 0. The minimum Gasteiger partial charge on any atom is -0.390 e. The number of nitrogens with one attached hydrogen (secondary N) is 1. The molecule has 3 rings (SSSR count). The fourth-order valence-electron chi connectivity index (χ4n) is 2.59. The molecule has 1 aromatic rings. The van der Waals surface area contributed by atoms with Gasteiger partial charge in [0.25, 0.3) is 0 Å². The fraction of sp³-hybridized carbons (Fsp3) is 0.769. The Bertz CT molecular complexity index is 332. The van der Waals surface area contributed by atoms with Gasteiger partial charge in [-0.05, 0) is 43.6 Å². The second kappa shape index (κ2) is 4.78. The molecule has 4 nitrogen and oxygen atoms in total. The van der Waals surface area contributed by atoms with Crippen molar-refractivity contribution in [3.63, 3.8) is 0 Å².